The van der Waals surface area contributed by atoms with Crippen LogP contribution in [0.5, 0.6) is 0 Å². The van der Waals surface area contributed by atoms with Crippen molar-refractivity contribution >= 4 is 5.97 Å². The molecular formula is C19H29N3O2. The Balaban J connectivity index is 1.66. The highest BCUT2D eigenvalue weighted by molar-refractivity contribution is 5.70. The molecule has 1 N–H and O–H groups in total. The fourth-order valence-corrected chi connectivity index (χ4v) is 4.24. The molecule has 0 aliphatic carbocycles. The van der Waals surface area contributed by atoms with Crippen molar-refractivity contribution in [3.63, 3.8) is 0 Å². The SMILES string of the molecule is Cc1cc(C)cc(CN2CCN3C[C@@H](C(=O)O)CN(C)C[C@@H]3C2)c1. The molecule has 3 rings (SSSR count). The van der Waals surface area contributed by atoms with E-state index in [-0.39, 0.29) is 5.92 Å². The molecule has 1 aromatic rings. The largest absolute Gasteiger partial charge is 0.481 e. The molecule has 0 bridgehead atoms. The third-order valence-corrected chi connectivity index (χ3v) is 5.24. The fraction of sp³-hybridized carbons (Fsp3) is 0.632. The maximum Gasteiger partial charge on any atom is 0.309 e. The second-order valence-corrected chi connectivity index (χ2v) is 7.64. The molecule has 2 aliphatic heterocycles. The van der Waals surface area contributed by atoms with Crippen molar-refractivity contribution in [1.82, 2.24) is 14.7 Å². The van der Waals surface area contributed by atoms with Crippen molar-refractivity contribution in [3.8, 4) is 0 Å². The molecule has 5 nitrogen and oxygen atoms in total. The molecule has 0 amide bonds. The standard InChI is InChI=1S/C19H29N3O2/c1-14-6-15(2)8-16(7-14)9-21-4-5-22-11-17(19(23)24)10-20(3)12-18(22)13-21/h6-8,17-18H,4-5,9-13H2,1-3H3,(H,23,24)/t17-,18+/m0/s1. The number of hydrogen-bond donors (Lipinski definition) is 1. The van der Waals surface area contributed by atoms with Gasteiger partial charge >= 0.3 is 5.97 Å². The van der Waals surface area contributed by atoms with Crippen molar-refractivity contribution in [1.29, 1.82) is 0 Å². The summed E-state index contributed by atoms with van der Waals surface area (Å²) in [7, 11) is 2.04. The van der Waals surface area contributed by atoms with Gasteiger partial charge in [0, 0.05) is 51.9 Å². The lowest BCUT2D eigenvalue weighted by Crippen LogP contribution is -2.55. The smallest absolute Gasteiger partial charge is 0.309 e. The number of carboxylic acid groups (broad SMARTS) is 1. The zero-order valence-electron chi connectivity index (χ0n) is 15.0. The molecule has 5 heteroatoms. The van der Waals surface area contributed by atoms with Gasteiger partial charge in [0.1, 0.15) is 0 Å². The first-order valence-corrected chi connectivity index (χ1v) is 8.85. The molecule has 0 radical (unpaired) electrons. The van der Waals surface area contributed by atoms with Gasteiger partial charge in [-0.25, -0.2) is 0 Å². The second-order valence-electron chi connectivity index (χ2n) is 7.64. The van der Waals surface area contributed by atoms with E-state index in [1.807, 2.05) is 7.05 Å². The quantitative estimate of drug-likeness (QED) is 0.908. The molecule has 0 saturated carbocycles. The lowest BCUT2D eigenvalue weighted by molar-refractivity contribution is -0.142. The summed E-state index contributed by atoms with van der Waals surface area (Å²) in [6.07, 6.45) is 0. The third kappa shape index (κ3) is 4.15. The van der Waals surface area contributed by atoms with Gasteiger partial charge in [-0.2, -0.15) is 0 Å². The van der Waals surface area contributed by atoms with E-state index in [9.17, 15) is 9.90 Å². The van der Waals surface area contributed by atoms with Gasteiger partial charge in [-0.05, 0) is 26.5 Å². The molecule has 2 atom stereocenters. The molecule has 2 heterocycles. The van der Waals surface area contributed by atoms with E-state index in [4.69, 9.17) is 0 Å². The van der Waals surface area contributed by atoms with E-state index in [1.165, 1.54) is 16.7 Å². The van der Waals surface area contributed by atoms with Crippen molar-refractivity contribution in [2.24, 2.45) is 5.92 Å². The van der Waals surface area contributed by atoms with Gasteiger partial charge in [0.15, 0.2) is 0 Å². The van der Waals surface area contributed by atoms with E-state index in [0.29, 0.717) is 19.1 Å². The average molecular weight is 331 g/mol. The number of piperazine rings is 1. The first kappa shape index (κ1) is 17.4. The summed E-state index contributed by atoms with van der Waals surface area (Å²) >= 11 is 0. The van der Waals surface area contributed by atoms with Crippen LogP contribution in [0, 0.1) is 19.8 Å². The minimum atomic E-state index is -0.667. The number of carbonyl (C=O) groups is 1. The van der Waals surface area contributed by atoms with Crippen LogP contribution in [0.4, 0.5) is 0 Å². The van der Waals surface area contributed by atoms with E-state index in [2.05, 4.69) is 46.7 Å². The predicted molar refractivity (Wildman–Crippen MR) is 95.2 cm³/mol. The minimum Gasteiger partial charge on any atom is -0.481 e. The zero-order chi connectivity index (χ0) is 17.3. The predicted octanol–water partition coefficient (Wildman–Crippen LogP) is 1.44. The Hall–Kier alpha value is -1.43. The van der Waals surface area contributed by atoms with Crippen LogP contribution in [0.3, 0.4) is 0 Å². The minimum absolute atomic E-state index is 0.272. The number of nitrogens with zero attached hydrogens (tertiary/aromatic N) is 3. The summed E-state index contributed by atoms with van der Waals surface area (Å²) in [6, 6.07) is 7.20. The van der Waals surface area contributed by atoms with Crippen LogP contribution in [0.25, 0.3) is 0 Å². The summed E-state index contributed by atoms with van der Waals surface area (Å²) in [4.78, 5) is 18.5. The van der Waals surface area contributed by atoms with Crippen molar-refractivity contribution in [2.75, 3.05) is 46.3 Å². The maximum atomic E-state index is 11.4. The van der Waals surface area contributed by atoms with E-state index >= 15 is 0 Å². The van der Waals surface area contributed by atoms with Gasteiger partial charge < -0.3 is 10.0 Å². The van der Waals surface area contributed by atoms with Gasteiger partial charge in [-0.3, -0.25) is 14.6 Å². The van der Waals surface area contributed by atoms with Gasteiger partial charge in [-0.1, -0.05) is 29.3 Å². The van der Waals surface area contributed by atoms with Crippen molar-refractivity contribution < 1.29 is 9.90 Å². The Labute approximate surface area is 144 Å². The van der Waals surface area contributed by atoms with Crippen molar-refractivity contribution in [3.05, 3.63) is 34.9 Å². The van der Waals surface area contributed by atoms with Crippen LogP contribution >= 0.6 is 0 Å². The maximum absolute atomic E-state index is 11.4. The first-order chi connectivity index (χ1) is 11.4. The van der Waals surface area contributed by atoms with Crippen LogP contribution in [-0.4, -0.2) is 78.1 Å². The Kier molecular flexibility index (Phi) is 5.23. The number of hydrogen-bond acceptors (Lipinski definition) is 4. The third-order valence-electron chi connectivity index (χ3n) is 5.24. The van der Waals surface area contributed by atoms with Crippen LogP contribution in [0.1, 0.15) is 16.7 Å². The fourth-order valence-electron chi connectivity index (χ4n) is 4.24. The molecule has 0 aromatic heterocycles. The van der Waals surface area contributed by atoms with Crippen molar-refractivity contribution in [2.45, 2.75) is 26.4 Å². The van der Waals surface area contributed by atoms with E-state index in [1.54, 1.807) is 0 Å². The Morgan fingerprint density at radius 2 is 1.79 bits per heavy atom. The molecule has 2 fully saturated rings. The first-order valence-electron chi connectivity index (χ1n) is 8.85. The highest BCUT2D eigenvalue weighted by Crippen LogP contribution is 2.20. The molecule has 132 valence electrons. The van der Waals surface area contributed by atoms with Crippen LogP contribution in [0.2, 0.25) is 0 Å². The number of aryl methyl sites for hydroxylation is 2. The van der Waals surface area contributed by atoms with Gasteiger partial charge in [-0.15, -0.1) is 0 Å². The number of likely N-dealkylation sites (N-methyl/N-ethyl adjacent to an activating group) is 1. The molecule has 0 unspecified atom stereocenters. The molecule has 2 saturated heterocycles. The van der Waals surface area contributed by atoms with Crippen LogP contribution < -0.4 is 0 Å². The molecule has 1 aromatic carbocycles. The molecule has 0 spiro atoms. The normalized spacial score (nSPS) is 26.8. The summed E-state index contributed by atoms with van der Waals surface area (Å²) in [6.45, 7) is 10.6. The van der Waals surface area contributed by atoms with Gasteiger partial charge in [0.05, 0.1) is 5.92 Å². The summed E-state index contributed by atoms with van der Waals surface area (Å²) in [5.41, 5.74) is 4.02. The number of rotatable bonds is 3. The highest BCUT2D eigenvalue weighted by atomic mass is 16.4. The highest BCUT2D eigenvalue weighted by Gasteiger charge is 2.35. The number of fused-ring (bicyclic) bond motifs is 1. The van der Waals surface area contributed by atoms with Crippen LogP contribution in [0.15, 0.2) is 18.2 Å². The molecule has 24 heavy (non-hydrogen) atoms. The number of aliphatic carboxylic acids is 1. The monoisotopic (exact) mass is 331 g/mol. The van der Waals surface area contributed by atoms with Gasteiger partial charge in [0.25, 0.3) is 0 Å². The van der Waals surface area contributed by atoms with Crippen LogP contribution in [-0.2, 0) is 11.3 Å². The lowest BCUT2D eigenvalue weighted by Gasteiger charge is -2.41. The lowest BCUT2D eigenvalue weighted by atomic mass is 10.1. The Bertz CT molecular complexity index is 584. The molecule has 2 aliphatic rings. The second kappa shape index (κ2) is 7.21. The zero-order valence-corrected chi connectivity index (χ0v) is 15.0. The number of carboxylic acids is 1. The topological polar surface area (TPSA) is 47.0 Å². The number of benzene rings is 1. The van der Waals surface area contributed by atoms with E-state index < -0.39 is 5.97 Å². The Morgan fingerprint density at radius 1 is 1.08 bits per heavy atom. The average Bonchev–Trinajstić information content (AvgIpc) is 2.63. The summed E-state index contributed by atoms with van der Waals surface area (Å²) in [5.74, 6) is -0.939. The summed E-state index contributed by atoms with van der Waals surface area (Å²) < 4.78 is 0. The Morgan fingerprint density at radius 3 is 2.46 bits per heavy atom. The summed E-state index contributed by atoms with van der Waals surface area (Å²) in [5, 5.41) is 9.41. The van der Waals surface area contributed by atoms with E-state index in [0.717, 1.165) is 32.7 Å². The molecular weight excluding hydrogens is 302 g/mol. The van der Waals surface area contributed by atoms with Gasteiger partial charge in [0.2, 0.25) is 0 Å².